The molecule has 4 rings (SSSR count). The molecule has 3 heterocycles. The number of nitrogens with two attached hydrogens (primary N) is 1. The molecule has 2 N–H and O–H groups in total. The number of aromatic nitrogens is 3. The molecule has 1 saturated heterocycles. The Morgan fingerprint density at radius 3 is 2.77 bits per heavy atom. The van der Waals surface area contributed by atoms with Crippen LogP contribution in [0.4, 0.5) is 14.5 Å². The van der Waals surface area contributed by atoms with Crippen molar-refractivity contribution in [3.05, 3.63) is 66.1 Å². The van der Waals surface area contributed by atoms with E-state index in [1.165, 1.54) is 6.07 Å². The third-order valence-electron chi connectivity index (χ3n) is 4.85. The number of benzene rings is 1. The van der Waals surface area contributed by atoms with E-state index in [1.54, 1.807) is 35.5 Å². The second kappa shape index (κ2) is 8.40. The Balaban J connectivity index is 1.44. The first-order valence-corrected chi connectivity index (χ1v) is 9.42. The quantitative estimate of drug-likeness (QED) is 0.694. The first-order chi connectivity index (χ1) is 14.5. The molecule has 1 amide bonds. The fraction of sp³-hybridized carbons (Fsp3) is 0.238. The van der Waals surface area contributed by atoms with E-state index in [-0.39, 0.29) is 35.7 Å². The number of hydrogen-bond acceptors (Lipinski definition) is 6. The van der Waals surface area contributed by atoms with Gasteiger partial charge < -0.3 is 15.4 Å². The molecule has 0 aliphatic carbocycles. The summed E-state index contributed by atoms with van der Waals surface area (Å²) < 4.78 is 33.0. The molecule has 3 aromatic rings. The maximum Gasteiger partial charge on any atom is 0.316 e. The van der Waals surface area contributed by atoms with Gasteiger partial charge in [-0.15, -0.1) is 0 Å². The molecule has 0 bridgehead atoms. The number of hydrogen-bond donors (Lipinski definition) is 1. The van der Waals surface area contributed by atoms with Crippen molar-refractivity contribution < 1.29 is 18.3 Å². The highest BCUT2D eigenvalue weighted by molar-refractivity contribution is 5.80. The lowest BCUT2D eigenvalue weighted by molar-refractivity contribution is -0.129. The molecule has 30 heavy (non-hydrogen) atoms. The minimum absolute atomic E-state index is 0.0307. The largest absolute Gasteiger partial charge is 0.458 e. The summed E-state index contributed by atoms with van der Waals surface area (Å²) in [4.78, 5) is 26.8. The normalized spacial score (nSPS) is 15.9. The van der Waals surface area contributed by atoms with Gasteiger partial charge in [-0.1, -0.05) is 0 Å². The lowest BCUT2D eigenvalue weighted by Gasteiger charge is -2.17. The Labute approximate surface area is 171 Å². The number of halogens is 2. The number of carbonyl (C=O) groups excluding carboxylic acids is 1. The van der Waals surface area contributed by atoms with Crippen LogP contribution < -0.4 is 10.5 Å². The predicted octanol–water partition coefficient (Wildman–Crippen LogP) is 2.62. The average Bonchev–Trinajstić information content (AvgIpc) is 3.19. The highest BCUT2D eigenvalue weighted by Crippen LogP contribution is 2.25. The van der Waals surface area contributed by atoms with Crippen molar-refractivity contribution in [1.29, 1.82) is 0 Å². The Morgan fingerprint density at radius 2 is 2.00 bits per heavy atom. The van der Waals surface area contributed by atoms with Crippen LogP contribution >= 0.6 is 0 Å². The zero-order valence-electron chi connectivity index (χ0n) is 16.0. The number of carbonyl (C=O) groups is 1. The third-order valence-corrected chi connectivity index (χ3v) is 4.85. The number of amides is 1. The summed E-state index contributed by atoms with van der Waals surface area (Å²) in [7, 11) is 0. The van der Waals surface area contributed by atoms with Crippen LogP contribution in [0.5, 0.6) is 6.01 Å². The van der Waals surface area contributed by atoms with Gasteiger partial charge in [0.15, 0.2) is 0 Å². The van der Waals surface area contributed by atoms with E-state index < -0.39 is 11.6 Å². The molecule has 0 spiro atoms. The number of ether oxygens (including phenoxy) is 1. The van der Waals surface area contributed by atoms with Gasteiger partial charge in [-0.25, -0.2) is 18.7 Å². The van der Waals surface area contributed by atoms with Gasteiger partial charge in [0, 0.05) is 37.0 Å². The fourth-order valence-electron chi connectivity index (χ4n) is 3.30. The lowest BCUT2D eigenvalue weighted by atomic mass is 10.1. The molecule has 2 aromatic heterocycles. The van der Waals surface area contributed by atoms with Crippen molar-refractivity contribution in [2.24, 2.45) is 0 Å². The second-order valence-corrected chi connectivity index (χ2v) is 6.93. The number of rotatable bonds is 5. The van der Waals surface area contributed by atoms with Crippen molar-refractivity contribution in [1.82, 2.24) is 19.9 Å². The van der Waals surface area contributed by atoms with Crippen LogP contribution in [0, 0.1) is 11.6 Å². The van der Waals surface area contributed by atoms with Crippen LogP contribution in [0.3, 0.4) is 0 Å². The van der Waals surface area contributed by atoms with Crippen LogP contribution in [0.1, 0.15) is 12.1 Å². The summed E-state index contributed by atoms with van der Waals surface area (Å²) in [6.45, 7) is 0.936. The summed E-state index contributed by atoms with van der Waals surface area (Å²) in [6, 6.07) is 8.33. The molecular weight excluding hydrogens is 392 g/mol. The molecule has 1 unspecified atom stereocenters. The van der Waals surface area contributed by atoms with E-state index in [9.17, 15) is 13.6 Å². The van der Waals surface area contributed by atoms with Gasteiger partial charge in [0.05, 0.1) is 30.0 Å². The average molecular weight is 411 g/mol. The van der Waals surface area contributed by atoms with Gasteiger partial charge in [-0.05, 0) is 30.3 Å². The number of anilines is 1. The number of nitrogen functional groups attached to an aromatic ring is 1. The van der Waals surface area contributed by atoms with Crippen LogP contribution in [0.25, 0.3) is 11.3 Å². The Morgan fingerprint density at radius 1 is 1.20 bits per heavy atom. The van der Waals surface area contributed by atoms with E-state index in [4.69, 9.17) is 10.5 Å². The Kier molecular flexibility index (Phi) is 5.51. The second-order valence-electron chi connectivity index (χ2n) is 6.93. The standard InChI is InChI=1S/C21H19F2N5O2/c22-13-2-3-15(16(23)10-13)18-5-4-17(24)19(27-18)11-20(29)28-9-6-14(12-28)30-21-25-7-1-8-26-21/h1-5,7-8,10,14H,6,9,11-12,24H2. The number of likely N-dealkylation sites (tertiary alicyclic amines) is 1. The monoisotopic (exact) mass is 411 g/mol. The molecule has 0 saturated carbocycles. The van der Waals surface area contributed by atoms with Crippen LogP contribution in [-0.4, -0.2) is 45.0 Å². The van der Waals surface area contributed by atoms with Crippen molar-refractivity contribution in [2.45, 2.75) is 18.9 Å². The molecule has 1 aliphatic heterocycles. The predicted molar refractivity (Wildman–Crippen MR) is 105 cm³/mol. The van der Waals surface area contributed by atoms with Crippen molar-refractivity contribution in [2.75, 3.05) is 18.8 Å². The first-order valence-electron chi connectivity index (χ1n) is 9.42. The minimum Gasteiger partial charge on any atom is -0.458 e. The van der Waals surface area contributed by atoms with Crippen molar-refractivity contribution in [3.63, 3.8) is 0 Å². The van der Waals surface area contributed by atoms with E-state index in [0.717, 1.165) is 12.1 Å². The van der Waals surface area contributed by atoms with E-state index >= 15 is 0 Å². The van der Waals surface area contributed by atoms with Crippen molar-refractivity contribution in [3.8, 4) is 17.3 Å². The summed E-state index contributed by atoms with van der Waals surface area (Å²) in [5.41, 5.74) is 7.08. The Hall–Kier alpha value is -3.62. The zero-order chi connectivity index (χ0) is 21.1. The number of pyridine rings is 1. The SMILES string of the molecule is Nc1ccc(-c2ccc(F)cc2F)nc1CC(=O)N1CCC(Oc2ncccn2)C1. The fourth-order valence-corrected chi connectivity index (χ4v) is 3.30. The summed E-state index contributed by atoms with van der Waals surface area (Å²) in [5, 5.41) is 0. The summed E-state index contributed by atoms with van der Waals surface area (Å²) in [5.74, 6) is -1.56. The zero-order valence-corrected chi connectivity index (χ0v) is 16.0. The summed E-state index contributed by atoms with van der Waals surface area (Å²) >= 11 is 0. The van der Waals surface area contributed by atoms with Crippen LogP contribution in [0.15, 0.2) is 48.8 Å². The molecule has 9 heteroatoms. The summed E-state index contributed by atoms with van der Waals surface area (Å²) in [6.07, 6.45) is 3.61. The highest BCUT2D eigenvalue weighted by atomic mass is 19.1. The topological polar surface area (TPSA) is 94.2 Å². The van der Waals surface area contributed by atoms with Gasteiger partial charge in [0.25, 0.3) is 0 Å². The third kappa shape index (κ3) is 4.35. The Bertz CT molecular complexity index is 1060. The maximum atomic E-state index is 14.1. The smallest absolute Gasteiger partial charge is 0.316 e. The van der Waals surface area contributed by atoms with Crippen molar-refractivity contribution >= 4 is 11.6 Å². The molecule has 1 aliphatic rings. The van der Waals surface area contributed by atoms with Crippen LogP contribution in [0.2, 0.25) is 0 Å². The molecular formula is C21H19F2N5O2. The molecule has 1 fully saturated rings. The van der Waals surface area contributed by atoms with Gasteiger partial charge in [0.1, 0.15) is 17.7 Å². The lowest BCUT2D eigenvalue weighted by Crippen LogP contribution is -2.32. The molecule has 1 aromatic carbocycles. The van der Waals surface area contributed by atoms with Gasteiger partial charge in [-0.3, -0.25) is 9.78 Å². The molecule has 0 radical (unpaired) electrons. The first kappa shape index (κ1) is 19.7. The molecule has 1 atom stereocenters. The maximum absolute atomic E-state index is 14.1. The highest BCUT2D eigenvalue weighted by Gasteiger charge is 2.28. The van der Waals surface area contributed by atoms with E-state index in [1.807, 2.05) is 0 Å². The van der Waals surface area contributed by atoms with E-state index in [0.29, 0.717) is 30.9 Å². The minimum atomic E-state index is -0.729. The number of nitrogens with zero attached hydrogens (tertiary/aromatic N) is 4. The van der Waals surface area contributed by atoms with Gasteiger partial charge >= 0.3 is 6.01 Å². The van der Waals surface area contributed by atoms with E-state index in [2.05, 4.69) is 15.0 Å². The molecule has 7 nitrogen and oxygen atoms in total. The molecule has 154 valence electrons. The van der Waals surface area contributed by atoms with Gasteiger partial charge in [-0.2, -0.15) is 0 Å². The van der Waals surface area contributed by atoms with Gasteiger partial charge in [0.2, 0.25) is 5.91 Å². The van der Waals surface area contributed by atoms with Crippen LogP contribution in [-0.2, 0) is 11.2 Å².